The largest absolute Gasteiger partial charge is 0.496 e. The van der Waals surface area contributed by atoms with Gasteiger partial charge in [-0.25, -0.2) is 0 Å². The maximum absolute atomic E-state index is 12.0. The van der Waals surface area contributed by atoms with E-state index in [0.717, 1.165) is 5.56 Å². The molecule has 1 N–H and O–H groups in total. The van der Waals surface area contributed by atoms with Crippen molar-refractivity contribution in [3.05, 3.63) is 65.7 Å². The average molecular weight is 324 g/mol. The summed E-state index contributed by atoms with van der Waals surface area (Å²) in [4.78, 5) is 25.3. The van der Waals surface area contributed by atoms with Gasteiger partial charge in [0, 0.05) is 37.0 Å². The highest BCUT2D eigenvalue weighted by atomic mass is 16.5. The van der Waals surface area contributed by atoms with E-state index in [2.05, 4.69) is 5.32 Å². The maximum atomic E-state index is 12.0. The zero-order valence-corrected chi connectivity index (χ0v) is 13.9. The number of nitrogens with zero attached hydrogens (tertiary/aromatic N) is 1. The standard InChI is InChI=1S/C19H20N2O3/c1-21(2)19(23)15-8-11-16(12-9-15)20-18(22)13-10-14-6-4-5-7-17(14)24-3/h4-13H,1-3H3,(H,20,22)/b13-10+. The van der Waals surface area contributed by atoms with Crippen molar-refractivity contribution in [1.29, 1.82) is 0 Å². The van der Waals surface area contributed by atoms with Gasteiger partial charge in [-0.15, -0.1) is 0 Å². The zero-order chi connectivity index (χ0) is 17.5. The van der Waals surface area contributed by atoms with Crippen LogP contribution < -0.4 is 10.1 Å². The Labute approximate surface area is 141 Å². The Hall–Kier alpha value is -3.08. The smallest absolute Gasteiger partial charge is 0.253 e. The lowest BCUT2D eigenvalue weighted by Crippen LogP contribution is -2.21. The summed E-state index contributed by atoms with van der Waals surface area (Å²) < 4.78 is 5.23. The van der Waals surface area contributed by atoms with Crippen LogP contribution in [0.4, 0.5) is 5.69 Å². The van der Waals surface area contributed by atoms with Crippen LogP contribution in [0.5, 0.6) is 5.75 Å². The number of ether oxygens (including phenoxy) is 1. The molecule has 0 saturated carbocycles. The second kappa shape index (κ2) is 7.97. The summed E-state index contributed by atoms with van der Waals surface area (Å²) in [5, 5.41) is 2.75. The van der Waals surface area contributed by atoms with Crippen LogP contribution in [-0.2, 0) is 4.79 Å². The van der Waals surface area contributed by atoms with E-state index >= 15 is 0 Å². The van der Waals surface area contributed by atoms with E-state index in [1.165, 1.54) is 11.0 Å². The summed E-state index contributed by atoms with van der Waals surface area (Å²) in [6.45, 7) is 0. The number of amides is 2. The topological polar surface area (TPSA) is 58.6 Å². The molecule has 0 radical (unpaired) electrons. The molecule has 0 heterocycles. The van der Waals surface area contributed by atoms with Crippen LogP contribution in [0.3, 0.4) is 0 Å². The minimum Gasteiger partial charge on any atom is -0.496 e. The second-order valence-electron chi connectivity index (χ2n) is 5.34. The van der Waals surface area contributed by atoms with Crippen molar-refractivity contribution in [1.82, 2.24) is 4.90 Å². The van der Waals surface area contributed by atoms with Crippen molar-refractivity contribution in [3.63, 3.8) is 0 Å². The summed E-state index contributed by atoms with van der Waals surface area (Å²) in [5.41, 5.74) is 2.02. The summed E-state index contributed by atoms with van der Waals surface area (Å²) in [6, 6.07) is 14.2. The third-order valence-electron chi connectivity index (χ3n) is 3.36. The van der Waals surface area contributed by atoms with Crippen LogP contribution in [0.1, 0.15) is 15.9 Å². The fraction of sp³-hybridized carbons (Fsp3) is 0.158. The fourth-order valence-electron chi connectivity index (χ4n) is 2.11. The Balaban J connectivity index is 2.02. The molecule has 5 nitrogen and oxygen atoms in total. The number of rotatable bonds is 5. The van der Waals surface area contributed by atoms with Crippen molar-refractivity contribution in [2.75, 3.05) is 26.5 Å². The van der Waals surface area contributed by atoms with Crippen LogP contribution in [0.25, 0.3) is 6.08 Å². The third kappa shape index (κ3) is 4.46. The fourth-order valence-corrected chi connectivity index (χ4v) is 2.11. The molecule has 5 heteroatoms. The van der Waals surface area contributed by atoms with Gasteiger partial charge in [0.05, 0.1) is 7.11 Å². The molecule has 124 valence electrons. The van der Waals surface area contributed by atoms with Gasteiger partial charge in [0.25, 0.3) is 5.91 Å². The molecule has 0 aliphatic rings. The van der Waals surface area contributed by atoms with Gasteiger partial charge in [0.2, 0.25) is 5.91 Å². The highest BCUT2D eigenvalue weighted by molar-refractivity contribution is 6.02. The summed E-state index contributed by atoms with van der Waals surface area (Å²) in [6.07, 6.45) is 3.13. The molecule has 0 atom stereocenters. The van der Waals surface area contributed by atoms with Gasteiger partial charge in [-0.05, 0) is 36.4 Å². The normalized spacial score (nSPS) is 10.5. The van der Waals surface area contributed by atoms with E-state index in [4.69, 9.17) is 4.74 Å². The van der Waals surface area contributed by atoms with E-state index in [0.29, 0.717) is 17.0 Å². The molecule has 2 amide bonds. The van der Waals surface area contributed by atoms with Crippen molar-refractivity contribution in [2.45, 2.75) is 0 Å². The quantitative estimate of drug-likeness (QED) is 0.860. The van der Waals surface area contributed by atoms with Gasteiger partial charge >= 0.3 is 0 Å². The number of nitrogens with one attached hydrogen (secondary N) is 1. The lowest BCUT2D eigenvalue weighted by molar-refractivity contribution is -0.111. The van der Waals surface area contributed by atoms with Gasteiger partial charge in [-0.1, -0.05) is 18.2 Å². The molecule has 24 heavy (non-hydrogen) atoms. The van der Waals surface area contributed by atoms with Crippen LogP contribution in [0.2, 0.25) is 0 Å². The van der Waals surface area contributed by atoms with E-state index in [9.17, 15) is 9.59 Å². The number of hydrogen-bond acceptors (Lipinski definition) is 3. The number of hydrogen-bond donors (Lipinski definition) is 1. The summed E-state index contributed by atoms with van der Waals surface area (Å²) >= 11 is 0. The predicted octanol–water partition coefficient (Wildman–Crippen LogP) is 3.05. The highest BCUT2D eigenvalue weighted by Gasteiger charge is 2.07. The Morgan fingerprint density at radius 3 is 2.33 bits per heavy atom. The number of anilines is 1. The van der Waals surface area contributed by atoms with E-state index in [1.807, 2.05) is 24.3 Å². The molecule has 0 bridgehead atoms. The van der Waals surface area contributed by atoms with Gasteiger partial charge in [-0.3, -0.25) is 9.59 Å². The molecule has 0 fully saturated rings. The highest BCUT2D eigenvalue weighted by Crippen LogP contribution is 2.18. The molecular formula is C19H20N2O3. The lowest BCUT2D eigenvalue weighted by Gasteiger charge is -2.10. The maximum Gasteiger partial charge on any atom is 0.253 e. The Bertz CT molecular complexity index is 749. The van der Waals surface area contributed by atoms with E-state index in [1.54, 1.807) is 51.5 Å². The molecule has 0 aromatic heterocycles. The molecule has 2 rings (SSSR count). The molecule has 0 saturated heterocycles. The molecular weight excluding hydrogens is 304 g/mol. The lowest BCUT2D eigenvalue weighted by atomic mass is 10.1. The number of carbonyl (C=O) groups excluding carboxylic acids is 2. The SMILES string of the molecule is COc1ccccc1/C=C/C(=O)Nc1ccc(C(=O)N(C)C)cc1. The van der Waals surface area contributed by atoms with Gasteiger partial charge in [-0.2, -0.15) is 0 Å². The van der Waals surface area contributed by atoms with Crippen LogP contribution in [0, 0.1) is 0 Å². The van der Waals surface area contributed by atoms with Crippen molar-refractivity contribution >= 4 is 23.6 Å². The second-order valence-corrected chi connectivity index (χ2v) is 5.34. The van der Waals surface area contributed by atoms with Crippen LogP contribution >= 0.6 is 0 Å². The van der Waals surface area contributed by atoms with E-state index < -0.39 is 0 Å². The van der Waals surface area contributed by atoms with Gasteiger partial charge in [0.15, 0.2) is 0 Å². The molecule has 0 spiro atoms. The van der Waals surface area contributed by atoms with Gasteiger partial charge in [0.1, 0.15) is 5.75 Å². The van der Waals surface area contributed by atoms with E-state index in [-0.39, 0.29) is 11.8 Å². The number of benzene rings is 2. The first-order valence-corrected chi connectivity index (χ1v) is 7.45. The van der Waals surface area contributed by atoms with Crippen molar-refractivity contribution in [2.24, 2.45) is 0 Å². The van der Waals surface area contributed by atoms with Gasteiger partial charge < -0.3 is 15.0 Å². The monoisotopic (exact) mass is 324 g/mol. The molecule has 0 unspecified atom stereocenters. The zero-order valence-electron chi connectivity index (χ0n) is 13.9. The predicted molar refractivity (Wildman–Crippen MR) is 95.1 cm³/mol. The first kappa shape index (κ1) is 17.3. The first-order valence-electron chi connectivity index (χ1n) is 7.45. The molecule has 2 aromatic carbocycles. The summed E-state index contributed by atoms with van der Waals surface area (Å²) in [7, 11) is 4.98. The number of methoxy groups -OCH3 is 1. The minimum atomic E-state index is -0.257. The molecule has 0 aliphatic heterocycles. The van der Waals surface area contributed by atoms with Crippen LogP contribution in [0.15, 0.2) is 54.6 Å². The average Bonchev–Trinajstić information content (AvgIpc) is 2.60. The van der Waals surface area contributed by atoms with Crippen molar-refractivity contribution < 1.29 is 14.3 Å². The molecule has 2 aromatic rings. The Morgan fingerprint density at radius 1 is 1.04 bits per heavy atom. The Morgan fingerprint density at radius 2 is 1.71 bits per heavy atom. The van der Waals surface area contributed by atoms with Crippen LogP contribution in [-0.4, -0.2) is 37.9 Å². The number of carbonyl (C=O) groups is 2. The summed E-state index contributed by atoms with van der Waals surface area (Å²) in [5.74, 6) is 0.365. The van der Waals surface area contributed by atoms with Crippen molar-refractivity contribution in [3.8, 4) is 5.75 Å². The third-order valence-corrected chi connectivity index (χ3v) is 3.36. The minimum absolute atomic E-state index is 0.0797. The number of para-hydroxylation sites is 1. The Kier molecular flexibility index (Phi) is 5.73. The first-order chi connectivity index (χ1) is 11.5. The molecule has 0 aliphatic carbocycles.